The summed E-state index contributed by atoms with van der Waals surface area (Å²) in [6.07, 6.45) is 5.03. The molecule has 0 spiro atoms. The molecule has 3 rings (SSSR count). The highest BCUT2D eigenvalue weighted by Gasteiger charge is 2.25. The molecule has 0 saturated carbocycles. The van der Waals surface area contributed by atoms with Crippen molar-refractivity contribution < 1.29 is 0 Å². The minimum absolute atomic E-state index is 0.381. The van der Waals surface area contributed by atoms with Gasteiger partial charge in [-0.05, 0) is 69.0 Å². The van der Waals surface area contributed by atoms with Crippen LogP contribution < -0.4 is 0 Å². The molecule has 1 heteroatoms. The molecule has 23 heavy (non-hydrogen) atoms. The second kappa shape index (κ2) is 7.14. The van der Waals surface area contributed by atoms with Crippen LogP contribution in [0.5, 0.6) is 0 Å². The molecule has 0 bridgehead atoms. The predicted molar refractivity (Wildman–Crippen MR) is 99.4 cm³/mol. The van der Waals surface area contributed by atoms with E-state index in [0.717, 1.165) is 0 Å². The standard InChI is InChI=1S/C22H27N/c1-17-10-9-13-19(16-17)20-14-7-8-15-21(20)22(23(2)3)18-11-5-4-6-12-18/h4-6,9-13,16,22H,7-8,14-15H2,1-3H3. The molecule has 0 saturated heterocycles. The van der Waals surface area contributed by atoms with Gasteiger partial charge in [0, 0.05) is 0 Å². The van der Waals surface area contributed by atoms with E-state index in [0.29, 0.717) is 6.04 Å². The minimum atomic E-state index is 0.381. The first-order valence-corrected chi connectivity index (χ1v) is 8.67. The van der Waals surface area contributed by atoms with Crippen LogP contribution in [0.2, 0.25) is 0 Å². The molecule has 0 amide bonds. The summed E-state index contributed by atoms with van der Waals surface area (Å²) in [6, 6.07) is 20.3. The van der Waals surface area contributed by atoms with Crippen molar-refractivity contribution >= 4 is 5.57 Å². The van der Waals surface area contributed by atoms with Gasteiger partial charge in [-0.25, -0.2) is 0 Å². The Morgan fingerprint density at radius 2 is 1.61 bits per heavy atom. The van der Waals surface area contributed by atoms with Crippen LogP contribution in [0.4, 0.5) is 0 Å². The molecular formula is C22H27N. The van der Waals surface area contributed by atoms with Gasteiger partial charge in [-0.3, -0.25) is 4.90 Å². The molecule has 0 heterocycles. The molecule has 0 radical (unpaired) electrons. The van der Waals surface area contributed by atoms with Crippen LogP contribution in [0.3, 0.4) is 0 Å². The van der Waals surface area contributed by atoms with Crippen molar-refractivity contribution in [2.75, 3.05) is 14.1 Å². The van der Waals surface area contributed by atoms with Gasteiger partial charge in [0.05, 0.1) is 6.04 Å². The maximum atomic E-state index is 2.37. The highest BCUT2D eigenvalue weighted by molar-refractivity contribution is 5.71. The number of hydrogen-bond acceptors (Lipinski definition) is 1. The number of hydrogen-bond donors (Lipinski definition) is 0. The number of nitrogens with zero attached hydrogens (tertiary/aromatic N) is 1. The van der Waals surface area contributed by atoms with Gasteiger partial charge in [0.1, 0.15) is 0 Å². The van der Waals surface area contributed by atoms with Crippen LogP contribution in [-0.2, 0) is 0 Å². The molecule has 0 aromatic heterocycles. The summed E-state index contributed by atoms with van der Waals surface area (Å²) < 4.78 is 0. The summed E-state index contributed by atoms with van der Waals surface area (Å²) in [5, 5.41) is 0. The smallest absolute Gasteiger partial charge is 0.0562 e. The Hall–Kier alpha value is -1.86. The van der Waals surface area contributed by atoms with Crippen molar-refractivity contribution in [3.8, 4) is 0 Å². The molecule has 1 atom stereocenters. The molecule has 1 aliphatic carbocycles. The van der Waals surface area contributed by atoms with E-state index in [1.54, 1.807) is 11.1 Å². The van der Waals surface area contributed by atoms with Gasteiger partial charge in [-0.2, -0.15) is 0 Å². The highest BCUT2D eigenvalue weighted by atomic mass is 15.1. The summed E-state index contributed by atoms with van der Waals surface area (Å²) >= 11 is 0. The van der Waals surface area contributed by atoms with Crippen molar-refractivity contribution in [3.63, 3.8) is 0 Å². The monoisotopic (exact) mass is 305 g/mol. The van der Waals surface area contributed by atoms with E-state index < -0.39 is 0 Å². The Labute approximate surface area is 140 Å². The Morgan fingerprint density at radius 1 is 0.870 bits per heavy atom. The van der Waals surface area contributed by atoms with Crippen molar-refractivity contribution in [3.05, 3.63) is 76.9 Å². The van der Waals surface area contributed by atoms with Crippen LogP contribution in [-0.4, -0.2) is 19.0 Å². The normalized spacial score (nSPS) is 16.7. The molecule has 2 aromatic carbocycles. The molecule has 0 fully saturated rings. The molecular weight excluding hydrogens is 278 g/mol. The largest absolute Gasteiger partial charge is 0.299 e. The van der Waals surface area contributed by atoms with E-state index in [-0.39, 0.29) is 0 Å². The number of rotatable bonds is 4. The zero-order valence-electron chi connectivity index (χ0n) is 14.5. The van der Waals surface area contributed by atoms with Crippen LogP contribution in [0.25, 0.3) is 5.57 Å². The van der Waals surface area contributed by atoms with Crippen molar-refractivity contribution in [2.24, 2.45) is 0 Å². The lowest BCUT2D eigenvalue weighted by atomic mass is 9.81. The Balaban J connectivity index is 2.11. The van der Waals surface area contributed by atoms with E-state index in [1.165, 1.54) is 42.4 Å². The van der Waals surface area contributed by atoms with E-state index >= 15 is 0 Å². The lowest BCUT2D eigenvalue weighted by Crippen LogP contribution is -2.24. The minimum Gasteiger partial charge on any atom is -0.299 e. The summed E-state index contributed by atoms with van der Waals surface area (Å²) in [5.74, 6) is 0. The fourth-order valence-electron chi connectivity index (χ4n) is 3.84. The lowest BCUT2D eigenvalue weighted by molar-refractivity contribution is 0.328. The van der Waals surface area contributed by atoms with Crippen molar-refractivity contribution in [1.29, 1.82) is 0 Å². The number of benzene rings is 2. The molecule has 120 valence electrons. The fraction of sp³-hybridized carbons (Fsp3) is 0.364. The third-order valence-electron chi connectivity index (χ3n) is 4.84. The molecule has 0 N–H and O–H groups in total. The van der Waals surface area contributed by atoms with Gasteiger partial charge in [-0.15, -0.1) is 0 Å². The number of allylic oxidation sites excluding steroid dienone is 1. The summed E-state index contributed by atoms with van der Waals surface area (Å²) in [5.41, 5.74) is 7.35. The van der Waals surface area contributed by atoms with Gasteiger partial charge in [-0.1, -0.05) is 60.2 Å². The lowest BCUT2D eigenvalue weighted by Gasteiger charge is -2.32. The first-order valence-electron chi connectivity index (χ1n) is 8.67. The average molecular weight is 305 g/mol. The molecule has 1 unspecified atom stereocenters. The first kappa shape index (κ1) is 16.0. The third kappa shape index (κ3) is 3.56. The van der Waals surface area contributed by atoms with Gasteiger partial charge < -0.3 is 0 Å². The molecule has 2 aromatic rings. The zero-order chi connectivity index (χ0) is 16.2. The number of likely N-dealkylation sites (N-methyl/N-ethyl adjacent to an activating group) is 1. The van der Waals surface area contributed by atoms with Gasteiger partial charge in [0.25, 0.3) is 0 Å². The van der Waals surface area contributed by atoms with E-state index in [4.69, 9.17) is 0 Å². The van der Waals surface area contributed by atoms with E-state index in [2.05, 4.69) is 80.5 Å². The van der Waals surface area contributed by atoms with Gasteiger partial charge in [0.2, 0.25) is 0 Å². The fourth-order valence-corrected chi connectivity index (χ4v) is 3.84. The van der Waals surface area contributed by atoms with Gasteiger partial charge >= 0.3 is 0 Å². The maximum absolute atomic E-state index is 2.37. The topological polar surface area (TPSA) is 3.24 Å². The van der Waals surface area contributed by atoms with Crippen LogP contribution in [0.15, 0.2) is 60.2 Å². The first-order chi connectivity index (χ1) is 11.2. The van der Waals surface area contributed by atoms with Crippen molar-refractivity contribution in [2.45, 2.75) is 38.6 Å². The van der Waals surface area contributed by atoms with Crippen LogP contribution in [0, 0.1) is 6.92 Å². The maximum Gasteiger partial charge on any atom is 0.0562 e. The summed E-state index contributed by atoms with van der Waals surface area (Å²) in [7, 11) is 4.40. The van der Waals surface area contributed by atoms with E-state index in [1.807, 2.05) is 0 Å². The Bertz CT molecular complexity index is 682. The van der Waals surface area contributed by atoms with Gasteiger partial charge in [0.15, 0.2) is 0 Å². The Morgan fingerprint density at radius 3 is 2.30 bits per heavy atom. The molecule has 0 aliphatic heterocycles. The average Bonchev–Trinajstić information content (AvgIpc) is 2.56. The van der Waals surface area contributed by atoms with Crippen LogP contribution in [0.1, 0.15) is 48.4 Å². The summed E-state index contributed by atoms with van der Waals surface area (Å²) in [4.78, 5) is 2.37. The molecule has 1 nitrogen and oxygen atoms in total. The predicted octanol–water partition coefficient (Wildman–Crippen LogP) is 5.63. The quantitative estimate of drug-likeness (QED) is 0.708. The van der Waals surface area contributed by atoms with Crippen LogP contribution >= 0.6 is 0 Å². The zero-order valence-corrected chi connectivity index (χ0v) is 14.5. The van der Waals surface area contributed by atoms with Crippen molar-refractivity contribution in [1.82, 2.24) is 4.90 Å². The van der Waals surface area contributed by atoms with E-state index in [9.17, 15) is 0 Å². The molecule has 1 aliphatic rings. The SMILES string of the molecule is Cc1cccc(C2=C(C(c3ccccc3)N(C)C)CCCC2)c1. The second-order valence-corrected chi connectivity index (χ2v) is 6.86. The Kier molecular flexibility index (Phi) is 4.97. The third-order valence-corrected chi connectivity index (χ3v) is 4.84. The summed E-state index contributed by atoms with van der Waals surface area (Å²) in [6.45, 7) is 2.19. The highest BCUT2D eigenvalue weighted by Crippen LogP contribution is 2.41. The second-order valence-electron chi connectivity index (χ2n) is 6.86. The number of aryl methyl sites for hydroxylation is 1.